The Hall–Kier alpha value is -1.88. The number of rotatable bonds is 6. The van der Waals surface area contributed by atoms with Gasteiger partial charge in [0.1, 0.15) is 12.7 Å². The maximum Gasteiger partial charge on any atom is 0.137 e. The Labute approximate surface area is 113 Å². The molecule has 5 nitrogen and oxygen atoms in total. The van der Waals surface area contributed by atoms with Crippen molar-refractivity contribution in [3.8, 4) is 0 Å². The van der Waals surface area contributed by atoms with Crippen molar-refractivity contribution in [3.63, 3.8) is 0 Å². The molecule has 0 saturated heterocycles. The monoisotopic (exact) mass is 260 g/mol. The summed E-state index contributed by atoms with van der Waals surface area (Å²) in [5, 5.41) is 7.55. The Bertz CT molecular complexity index is 498. The van der Waals surface area contributed by atoms with Gasteiger partial charge in [0.15, 0.2) is 0 Å². The van der Waals surface area contributed by atoms with Gasteiger partial charge in [-0.2, -0.15) is 5.10 Å². The van der Waals surface area contributed by atoms with Crippen LogP contribution in [0.2, 0.25) is 0 Å². The van der Waals surface area contributed by atoms with E-state index in [2.05, 4.69) is 47.4 Å². The molecule has 0 spiro atoms. The second-order valence-corrected chi connectivity index (χ2v) is 4.67. The molecule has 0 radical (unpaired) electrons. The zero-order chi connectivity index (χ0) is 13.7. The van der Waals surface area contributed by atoms with Gasteiger partial charge in [-0.3, -0.25) is 0 Å². The first-order chi connectivity index (χ1) is 9.19. The average Bonchev–Trinajstić information content (AvgIpc) is 2.91. The van der Waals surface area contributed by atoms with Gasteiger partial charge in [-0.15, -0.1) is 0 Å². The zero-order valence-corrected chi connectivity index (χ0v) is 11.6. The van der Waals surface area contributed by atoms with Crippen LogP contribution in [-0.4, -0.2) is 34.0 Å². The van der Waals surface area contributed by atoms with Gasteiger partial charge in [0.2, 0.25) is 0 Å². The fraction of sp³-hybridized carbons (Fsp3) is 0.429. The minimum Gasteiger partial charge on any atom is -0.380 e. The Morgan fingerprint density at radius 3 is 2.89 bits per heavy atom. The van der Waals surface area contributed by atoms with Crippen LogP contribution < -0.4 is 5.32 Å². The summed E-state index contributed by atoms with van der Waals surface area (Å²) in [7, 11) is 1.73. The Balaban J connectivity index is 2.02. The highest BCUT2D eigenvalue weighted by Gasteiger charge is 2.10. The highest BCUT2D eigenvalue weighted by molar-refractivity contribution is 5.46. The van der Waals surface area contributed by atoms with E-state index in [-0.39, 0.29) is 12.1 Å². The molecule has 19 heavy (non-hydrogen) atoms. The summed E-state index contributed by atoms with van der Waals surface area (Å²) >= 11 is 0. The molecular weight excluding hydrogens is 240 g/mol. The van der Waals surface area contributed by atoms with Gasteiger partial charge in [-0.25, -0.2) is 9.67 Å². The van der Waals surface area contributed by atoms with Crippen LogP contribution in [0.5, 0.6) is 0 Å². The molecule has 1 aromatic heterocycles. The van der Waals surface area contributed by atoms with Gasteiger partial charge in [0.25, 0.3) is 0 Å². The molecule has 0 aliphatic rings. The van der Waals surface area contributed by atoms with Gasteiger partial charge in [-0.1, -0.05) is 12.1 Å². The molecule has 0 aliphatic heterocycles. The summed E-state index contributed by atoms with van der Waals surface area (Å²) in [4.78, 5) is 3.94. The summed E-state index contributed by atoms with van der Waals surface area (Å²) in [5.41, 5.74) is 2.28. The number of methoxy groups -OCH3 is 1. The number of ether oxygens (including phenoxy) is 1. The van der Waals surface area contributed by atoms with Gasteiger partial charge in [-0.05, 0) is 31.5 Å². The van der Waals surface area contributed by atoms with E-state index in [9.17, 15) is 0 Å². The van der Waals surface area contributed by atoms with Crippen LogP contribution in [0, 0.1) is 0 Å². The summed E-state index contributed by atoms with van der Waals surface area (Å²) in [6, 6.07) is 8.56. The van der Waals surface area contributed by atoms with Crippen molar-refractivity contribution in [2.24, 2.45) is 0 Å². The lowest BCUT2D eigenvalue weighted by atomic mass is 10.1. The van der Waals surface area contributed by atoms with Crippen LogP contribution in [-0.2, 0) is 11.3 Å². The highest BCUT2D eigenvalue weighted by Crippen LogP contribution is 2.14. The third kappa shape index (κ3) is 3.79. The van der Waals surface area contributed by atoms with Crippen LogP contribution >= 0.6 is 0 Å². The maximum atomic E-state index is 5.31. The van der Waals surface area contributed by atoms with Gasteiger partial charge < -0.3 is 10.1 Å². The summed E-state index contributed by atoms with van der Waals surface area (Å²) in [5.74, 6) is 0. The van der Waals surface area contributed by atoms with Crippen molar-refractivity contribution in [1.82, 2.24) is 14.8 Å². The maximum absolute atomic E-state index is 5.31. The van der Waals surface area contributed by atoms with E-state index in [1.807, 2.05) is 6.07 Å². The van der Waals surface area contributed by atoms with Crippen molar-refractivity contribution in [2.75, 3.05) is 12.4 Å². The van der Waals surface area contributed by atoms with E-state index < -0.39 is 0 Å². The molecule has 5 heteroatoms. The smallest absolute Gasteiger partial charge is 0.137 e. The predicted octanol–water partition coefficient (Wildman–Crippen LogP) is 2.16. The van der Waals surface area contributed by atoms with E-state index >= 15 is 0 Å². The second-order valence-electron chi connectivity index (χ2n) is 4.67. The van der Waals surface area contributed by atoms with Crippen LogP contribution in [0.15, 0.2) is 36.9 Å². The quantitative estimate of drug-likeness (QED) is 0.864. The first-order valence-corrected chi connectivity index (χ1v) is 6.39. The van der Waals surface area contributed by atoms with Gasteiger partial charge in [0.05, 0.1) is 12.6 Å². The molecule has 2 atom stereocenters. The minimum absolute atomic E-state index is 0.166. The van der Waals surface area contributed by atoms with Crippen molar-refractivity contribution < 1.29 is 4.74 Å². The first kappa shape index (κ1) is 13.5. The summed E-state index contributed by atoms with van der Waals surface area (Å²) in [6.45, 7) is 4.89. The number of hydrogen-bond donors (Lipinski definition) is 1. The number of anilines is 1. The molecule has 1 aromatic carbocycles. The molecule has 1 heterocycles. The van der Waals surface area contributed by atoms with Crippen molar-refractivity contribution in [1.29, 1.82) is 0 Å². The third-order valence-corrected chi connectivity index (χ3v) is 3.21. The van der Waals surface area contributed by atoms with Crippen LogP contribution in [0.4, 0.5) is 5.69 Å². The first-order valence-electron chi connectivity index (χ1n) is 6.39. The van der Waals surface area contributed by atoms with E-state index in [1.54, 1.807) is 24.4 Å². The molecule has 102 valence electrons. The standard InChI is InChI=1S/C14H20N4O/c1-11(12(2)19-3)17-14-6-4-5-13(7-14)8-18-10-15-9-16-18/h4-7,9-12,17H,8H2,1-3H3. The number of nitrogens with one attached hydrogen (secondary N) is 1. The number of nitrogens with zero attached hydrogens (tertiary/aromatic N) is 3. The van der Waals surface area contributed by atoms with E-state index in [0.717, 1.165) is 12.2 Å². The second kappa shape index (κ2) is 6.33. The Morgan fingerprint density at radius 1 is 1.37 bits per heavy atom. The summed E-state index contributed by atoms with van der Waals surface area (Å²) in [6.07, 6.45) is 3.43. The predicted molar refractivity (Wildman–Crippen MR) is 75.1 cm³/mol. The molecule has 2 aromatic rings. The lowest BCUT2D eigenvalue weighted by Crippen LogP contribution is -2.29. The number of hydrogen-bond acceptors (Lipinski definition) is 4. The van der Waals surface area contributed by atoms with E-state index in [0.29, 0.717) is 0 Å². The Kier molecular flexibility index (Phi) is 4.52. The van der Waals surface area contributed by atoms with Crippen LogP contribution in [0.25, 0.3) is 0 Å². The lowest BCUT2D eigenvalue weighted by Gasteiger charge is -2.21. The van der Waals surface area contributed by atoms with Crippen LogP contribution in [0.3, 0.4) is 0 Å². The fourth-order valence-corrected chi connectivity index (χ4v) is 1.85. The van der Waals surface area contributed by atoms with Gasteiger partial charge >= 0.3 is 0 Å². The Morgan fingerprint density at radius 2 is 2.21 bits per heavy atom. The molecule has 0 saturated carbocycles. The molecular formula is C14H20N4O. The third-order valence-electron chi connectivity index (χ3n) is 3.21. The number of benzene rings is 1. The topological polar surface area (TPSA) is 52.0 Å². The minimum atomic E-state index is 0.166. The van der Waals surface area contributed by atoms with Crippen molar-refractivity contribution >= 4 is 5.69 Å². The van der Waals surface area contributed by atoms with E-state index in [4.69, 9.17) is 4.74 Å². The largest absolute Gasteiger partial charge is 0.380 e. The normalized spacial score (nSPS) is 14.1. The molecule has 0 fully saturated rings. The molecule has 0 bridgehead atoms. The molecule has 0 aliphatic carbocycles. The van der Waals surface area contributed by atoms with Crippen LogP contribution in [0.1, 0.15) is 19.4 Å². The zero-order valence-electron chi connectivity index (χ0n) is 11.6. The highest BCUT2D eigenvalue weighted by atomic mass is 16.5. The number of aromatic nitrogens is 3. The molecule has 1 N–H and O–H groups in total. The van der Waals surface area contributed by atoms with Crippen molar-refractivity contribution in [3.05, 3.63) is 42.5 Å². The molecule has 2 unspecified atom stereocenters. The van der Waals surface area contributed by atoms with Crippen molar-refractivity contribution in [2.45, 2.75) is 32.5 Å². The molecule has 2 rings (SSSR count). The fourth-order valence-electron chi connectivity index (χ4n) is 1.85. The summed E-state index contributed by atoms with van der Waals surface area (Å²) < 4.78 is 7.12. The SMILES string of the molecule is COC(C)C(C)Nc1cccc(Cn2cncn2)c1. The average molecular weight is 260 g/mol. The lowest BCUT2D eigenvalue weighted by molar-refractivity contribution is 0.106. The van der Waals surface area contributed by atoms with E-state index in [1.165, 1.54) is 5.56 Å². The van der Waals surface area contributed by atoms with Gasteiger partial charge in [0, 0.05) is 18.8 Å². The molecule has 0 amide bonds.